The summed E-state index contributed by atoms with van der Waals surface area (Å²) in [5.74, 6) is 2.96. The van der Waals surface area contributed by atoms with Gasteiger partial charge in [0.25, 0.3) is 0 Å². The molecule has 1 atom stereocenters. The summed E-state index contributed by atoms with van der Waals surface area (Å²) < 4.78 is 18.3. The highest BCUT2D eigenvalue weighted by Crippen LogP contribution is 2.36. The van der Waals surface area contributed by atoms with Gasteiger partial charge in [0.1, 0.15) is 17.2 Å². The van der Waals surface area contributed by atoms with E-state index in [1.54, 1.807) is 23.4 Å². The molecule has 0 saturated carbocycles. The first kappa shape index (κ1) is 24.4. The molecule has 1 aromatic carbocycles. The Hall–Kier alpha value is -4.33. The lowest BCUT2D eigenvalue weighted by Gasteiger charge is -2.34. The van der Waals surface area contributed by atoms with E-state index in [-0.39, 0.29) is 25.3 Å². The van der Waals surface area contributed by atoms with E-state index in [4.69, 9.17) is 19.2 Å². The number of fused-ring (bicyclic) bond motifs is 1. The van der Waals surface area contributed by atoms with Crippen LogP contribution in [-0.4, -0.2) is 62.0 Å². The number of hydrogen-bond donors (Lipinski definition) is 1. The summed E-state index contributed by atoms with van der Waals surface area (Å²) in [6.45, 7) is 6.91. The molecule has 2 aromatic heterocycles. The van der Waals surface area contributed by atoms with Crippen LogP contribution < -0.4 is 14.8 Å². The maximum absolute atomic E-state index is 12.6. The number of imidazole rings is 1. The second-order valence-electron chi connectivity index (χ2n) is 9.96. The van der Waals surface area contributed by atoms with Crippen molar-refractivity contribution in [1.82, 2.24) is 24.4 Å². The normalized spacial score (nSPS) is 16.8. The predicted molar refractivity (Wildman–Crippen MR) is 134 cm³/mol. The molecule has 2 aliphatic heterocycles. The maximum atomic E-state index is 12.6. The fraction of sp³-hybridized carbons (Fsp3) is 0.423. The van der Waals surface area contributed by atoms with Gasteiger partial charge in [0.2, 0.25) is 12.7 Å². The monoisotopic (exact) mass is 503 g/mol. The van der Waals surface area contributed by atoms with Crippen molar-refractivity contribution in [2.24, 2.45) is 0 Å². The number of carbonyl (C=O) groups excluding carboxylic acids is 1. The zero-order valence-corrected chi connectivity index (χ0v) is 21.1. The highest BCUT2D eigenvalue weighted by atomic mass is 16.7. The van der Waals surface area contributed by atoms with E-state index in [0.717, 1.165) is 18.4 Å². The maximum Gasteiger partial charge on any atom is 0.410 e. The van der Waals surface area contributed by atoms with Gasteiger partial charge in [0, 0.05) is 30.9 Å². The first-order chi connectivity index (χ1) is 17.8. The summed E-state index contributed by atoms with van der Waals surface area (Å²) in [5, 5.41) is 12.8. The van der Waals surface area contributed by atoms with Gasteiger partial charge in [-0.25, -0.2) is 14.8 Å². The Balaban J connectivity index is 1.39. The van der Waals surface area contributed by atoms with E-state index in [1.807, 2.05) is 43.5 Å². The van der Waals surface area contributed by atoms with Crippen molar-refractivity contribution in [2.75, 3.05) is 25.2 Å². The lowest BCUT2D eigenvalue weighted by atomic mass is 10.1. The van der Waals surface area contributed by atoms with Gasteiger partial charge in [-0.15, -0.1) is 0 Å². The minimum absolute atomic E-state index is 0.0220. The largest absolute Gasteiger partial charge is 0.454 e. The van der Waals surface area contributed by atoms with E-state index in [9.17, 15) is 10.1 Å². The molecule has 0 aliphatic carbocycles. The van der Waals surface area contributed by atoms with Crippen molar-refractivity contribution in [1.29, 1.82) is 5.26 Å². The van der Waals surface area contributed by atoms with Crippen molar-refractivity contribution in [3.05, 3.63) is 42.4 Å². The first-order valence-electron chi connectivity index (χ1n) is 12.2. The van der Waals surface area contributed by atoms with Gasteiger partial charge >= 0.3 is 6.09 Å². The van der Waals surface area contributed by atoms with E-state index in [0.29, 0.717) is 47.9 Å². The van der Waals surface area contributed by atoms with Crippen molar-refractivity contribution in [2.45, 2.75) is 51.7 Å². The first-order valence-corrected chi connectivity index (χ1v) is 12.2. The van der Waals surface area contributed by atoms with Crippen LogP contribution in [0.15, 0.2) is 36.7 Å². The topological polar surface area (TPSA) is 127 Å². The number of aromatic nitrogens is 4. The molecule has 5 rings (SSSR count). The van der Waals surface area contributed by atoms with Gasteiger partial charge in [0.15, 0.2) is 11.5 Å². The number of carbonyl (C=O) groups is 1. The molecule has 192 valence electrons. The molecule has 1 amide bonds. The fourth-order valence-corrected chi connectivity index (χ4v) is 4.40. The molecule has 1 unspecified atom stereocenters. The molecule has 0 radical (unpaired) electrons. The van der Waals surface area contributed by atoms with Crippen LogP contribution in [0.25, 0.3) is 17.2 Å². The smallest absolute Gasteiger partial charge is 0.410 e. The summed E-state index contributed by atoms with van der Waals surface area (Å²) in [7, 11) is 0. The molecule has 0 bridgehead atoms. The van der Waals surface area contributed by atoms with E-state index >= 15 is 0 Å². The van der Waals surface area contributed by atoms with Crippen LogP contribution in [0.3, 0.4) is 0 Å². The number of likely N-dealkylation sites (tertiary alicyclic amines) is 1. The van der Waals surface area contributed by atoms with Crippen LogP contribution in [0.2, 0.25) is 0 Å². The fourth-order valence-electron chi connectivity index (χ4n) is 4.40. The SMILES string of the molecule is CC(C)(C)OC(=O)N1CCCC(Nc2nccc(-n3c(CC#N)cnc3-c3ccc4c(c3)OCO4)n2)C1. The number of benzene rings is 1. The Morgan fingerprint density at radius 2 is 2.08 bits per heavy atom. The number of nitriles is 1. The summed E-state index contributed by atoms with van der Waals surface area (Å²) in [4.78, 5) is 28.0. The Morgan fingerprint density at radius 1 is 1.24 bits per heavy atom. The number of nitrogens with zero attached hydrogens (tertiary/aromatic N) is 6. The van der Waals surface area contributed by atoms with Crippen molar-refractivity contribution >= 4 is 12.0 Å². The quantitative estimate of drug-likeness (QED) is 0.551. The van der Waals surface area contributed by atoms with Crippen LogP contribution in [-0.2, 0) is 11.2 Å². The Kier molecular flexibility index (Phi) is 6.56. The van der Waals surface area contributed by atoms with Crippen LogP contribution in [0, 0.1) is 11.3 Å². The lowest BCUT2D eigenvalue weighted by molar-refractivity contribution is 0.0206. The third kappa shape index (κ3) is 5.43. The number of amides is 1. The van der Waals surface area contributed by atoms with Crippen LogP contribution in [0.5, 0.6) is 11.5 Å². The zero-order valence-electron chi connectivity index (χ0n) is 21.1. The molecule has 0 spiro atoms. The highest BCUT2D eigenvalue weighted by Gasteiger charge is 2.28. The number of ether oxygens (including phenoxy) is 3. The number of hydrogen-bond acceptors (Lipinski definition) is 9. The molecular weight excluding hydrogens is 474 g/mol. The summed E-state index contributed by atoms with van der Waals surface area (Å²) >= 11 is 0. The number of anilines is 1. The van der Waals surface area contributed by atoms with E-state index in [2.05, 4.69) is 21.4 Å². The van der Waals surface area contributed by atoms with E-state index < -0.39 is 5.60 Å². The molecule has 3 aromatic rings. The second-order valence-corrected chi connectivity index (χ2v) is 9.96. The molecule has 4 heterocycles. The van der Waals surface area contributed by atoms with Crippen molar-refractivity contribution < 1.29 is 19.0 Å². The summed E-state index contributed by atoms with van der Waals surface area (Å²) in [6, 6.07) is 9.56. The van der Waals surface area contributed by atoms with Gasteiger partial charge in [-0.3, -0.25) is 4.57 Å². The molecular formula is C26H29N7O4. The minimum atomic E-state index is -0.545. The number of nitrogens with one attached hydrogen (secondary N) is 1. The van der Waals surface area contributed by atoms with Gasteiger partial charge in [-0.1, -0.05) is 0 Å². The van der Waals surface area contributed by atoms with E-state index in [1.165, 1.54) is 0 Å². The van der Waals surface area contributed by atoms with Gasteiger partial charge in [0.05, 0.1) is 24.4 Å². The standard InChI is InChI=1S/C26H29N7O4/c1-26(2,3)37-25(34)32-12-4-5-18(15-32)30-24-28-11-9-22(31-24)33-19(8-10-27)14-29-23(33)17-6-7-20-21(13-17)36-16-35-20/h6-7,9,11,13-14,18H,4-5,8,12,15-16H2,1-3H3,(H,28,30,31). The van der Waals surface area contributed by atoms with Gasteiger partial charge < -0.3 is 24.4 Å². The molecule has 1 N–H and O–H groups in total. The molecule has 11 nitrogen and oxygen atoms in total. The molecule has 1 saturated heterocycles. The number of rotatable bonds is 5. The Labute approximate surface area is 215 Å². The van der Waals surface area contributed by atoms with Crippen molar-refractivity contribution in [3.63, 3.8) is 0 Å². The minimum Gasteiger partial charge on any atom is -0.454 e. The van der Waals surface area contributed by atoms with Gasteiger partial charge in [-0.2, -0.15) is 10.2 Å². The molecule has 1 fully saturated rings. The summed E-state index contributed by atoms with van der Waals surface area (Å²) in [5.41, 5.74) is 0.965. The zero-order chi connectivity index (χ0) is 26.0. The van der Waals surface area contributed by atoms with Crippen molar-refractivity contribution in [3.8, 4) is 34.8 Å². The molecule has 2 aliphatic rings. The number of piperidine rings is 1. The summed E-state index contributed by atoms with van der Waals surface area (Å²) in [6.07, 6.45) is 4.91. The molecule has 11 heteroatoms. The van der Waals surface area contributed by atoms with Crippen LogP contribution >= 0.6 is 0 Å². The van der Waals surface area contributed by atoms with Gasteiger partial charge in [-0.05, 0) is 57.9 Å². The third-order valence-corrected chi connectivity index (χ3v) is 6.00. The van der Waals surface area contributed by atoms with Crippen LogP contribution in [0.4, 0.5) is 10.7 Å². The second kappa shape index (κ2) is 9.97. The average Bonchev–Trinajstić information content (AvgIpc) is 3.50. The third-order valence-electron chi connectivity index (χ3n) is 6.00. The predicted octanol–water partition coefficient (Wildman–Crippen LogP) is 3.94. The Bertz CT molecular complexity index is 1340. The molecule has 37 heavy (non-hydrogen) atoms. The lowest BCUT2D eigenvalue weighted by Crippen LogP contribution is -2.47. The van der Waals surface area contributed by atoms with Crippen LogP contribution in [0.1, 0.15) is 39.3 Å². The highest BCUT2D eigenvalue weighted by molar-refractivity contribution is 5.68. The Morgan fingerprint density at radius 3 is 2.89 bits per heavy atom. The average molecular weight is 504 g/mol.